The van der Waals surface area contributed by atoms with Crippen LogP contribution >= 0.6 is 15.9 Å². The summed E-state index contributed by atoms with van der Waals surface area (Å²) in [6, 6.07) is 8.23. The number of hydrogen-bond acceptors (Lipinski definition) is 4. The largest absolute Gasteiger partial charge is 0.384 e. The van der Waals surface area contributed by atoms with E-state index >= 15 is 0 Å². The average molecular weight is 329 g/mol. The number of nitrogens with one attached hydrogen (secondary N) is 1. The molecule has 0 amide bonds. The van der Waals surface area contributed by atoms with Gasteiger partial charge in [0.25, 0.3) is 0 Å². The Morgan fingerprint density at radius 1 is 1.16 bits per heavy atom. The fourth-order valence-corrected chi connectivity index (χ4v) is 2.64. The SMILES string of the molecule is COC1CN(CCNc2ccc(Br)cc2)CC1OC. The van der Waals surface area contributed by atoms with E-state index in [0.29, 0.717) is 0 Å². The molecule has 0 bridgehead atoms. The van der Waals surface area contributed by atoms with E-state index in [-0.39, 0.29) is 12.2 Å². The molecule has 106 valence electrons. The smallest absolute Gasteiger partial charge is 0.0971 e. The molecule has 1 saturated heterocycles. The Kier molecular flexibility index (Phi) is 5.63. The molecule has 1 aromatic carbocycles. The highest BCUT2D eigenvalue weighted by Gasteiger charge is 2.32. The van der Waals surface area contributed by atoms with Gasteiger partial charge in [-0.05, 0) is 24.3 Å². The van der Waals surface area contributed by atoms with Crippen LogP contribution in [-0.4, -0.2) is 57.5 Å². The summed E-state index contributed by atoms with van der Waals surface area (Å²) in [7, 11) is 3.50. The van der Waals surface area contributed by atoms with Gasteiger partial charge in [0.2, 0.25) is 0 Å². The molecule has 4 nitrogen and oxygen atoms in total. The maximum atomic E-state index is 5.43. The lowest BCUT2D eigenvalue weighted by Gasteiger charge is -2.16. The van der Waals surface area contributed by atoms with Crippen LogP contribution in [0.5, 0.6) is 0 Å². The molecule has 1 aliphatic rings. The summed E-state index contributed by atoms with van der Waals surface area (Å²) in [5, 5.41) is 3.42. The van der Waals surface area contributed by atoms with Crippen molar-refractivity contribution in [1.82, 2.24) is 4.90 Å². The van der Waals surface area contributed by atoms with Crippen molar-refractivity contribution in [3.8, 4) is 0 Å². The van der Waals surface area contributed by atoms with Crippen molar-refractivity contribution < 1.29 is 9.47 Å². The lowest BCUT2D eigenvalue weighted by Crippen LogP contribution is -2.28. The second kappa shape index (κ2) is 7.24. The van der Waals surface area contributed by atoms with Crippen LogP contribution in [0.25, 0.3) is 0 Å². The molecule has 1 aliphatic heterocycles. The van der Waals surface area contributed by atoms with Gasteiger partial charge in [0.15, 0.2) is 0 Å². The quantitative estimate of drug-likeness (QED) is 0.868. The van der Waals surface area contributed by atoms with Crippen molar-refractivity contribution in [3.05, 3.63) is 28.7 Å². The van der Waals surface area contributed by atoms with Gasteiger partial charge in [0.05, 0.1) is 12.2 Å². The molecule has 0 saturated carbocycles. The molecular weight excluding hydrogens is 308 g/mol. The molecule has 1 aromatic rings. The van der Waals surface area contributed by atoms with Crippen molar-refractivity contribution in [2.24, 2.45) is 0 Å². The molecule has 0 spiro atoms. The first-order valence-corrected chi connectivity index (χ1v) is 7.29. The summed E-state index contributed by atoms with van der Waals surface area (Å²) >= 11 is 3.43. The van der Waals surface area contributed by atoms with E-state index in [0.717, 1.165) is 36.3 Å². The van der Waals surface area contributed by atoms with Crippen LogP contribution in [0.4, 0.5) is 5.69 Å². The maximum Gasteiger partial charge on any atom is 0.0971 e. The molecule has 1 heterocycles. The minimum Gasteiger partial charge on any atom is -0.384 e. The first-order chi connectivity index (χ1) is 9.22. The summed E-state index contributed by atoms with van der Waals surface area (Å²) in [5.41, 5.74) is 1.15. The van der Waals surface area contributed by atoms with E-state index in [9.17, 15) is 0 Å². The van der Waals surface area contributed by atoms with Crippen LogP contribution in [0.15, 0.2) is 28.7 Å². The van der Waals surface area contributed by atoms with Crippen LogP contribution in [0.1, 0.15) is 0 Å². The zero-order chi connectivity index (χ0) is 13.7. The van der Waals surface area contributed by atoms with E-state index < -0.39 is 0 Å². The van der Waals surface area contributed by atoms with Gasteiger partial charge in [-0.25, -0.2) is 0 Å². The monoisotopic (exact) mass is 328 g/mol. The third-order valence-electron chi connectivity index (χ3n) is 3.50. The van der Waals surface area contributed by atoms with Gasteiger partial charge in [-0.1, -0.05) is 15.9 Å². The number of likely N-dealkylation sites (tertiary alicyclic amines) is 1. The minimum absolute atomic E-state index is 0.192. The van der Waals surface area contributed by atoms with E-state index in [4.69, 9.17) is 9.47 Å². The highest BCUT2D eigenvalue weighted by molar-refractivity contribution is 9.10. The highest BCUT2D eigenvalue weighted by Crippen LogP contribution is 2.16. The third-order valence-corrected chi connectivity index (χ3v) is 4.03. The first kappa shape index (κ1) is 14.8. The number of nitrogens with zero attached hydrogens (tertiary/aromatic N) is 1. The molecule has 1 fully saturated rings. The lowest BCUT2D eigenvalue weighted by molar-refractivity contribution is -0.00461. The molecule has 1 N–H and O–H groups in total. The van der Waals surface area contributed by atoms with Crippen LogP contribution in [0.3, 0.4) is 0 Å². The minimum atomic E-state index is 0.192. The summed E-state index contributed by atoms with van der Waals surface area (Å²) in [6.07, 6.45) is 0.385. The van der Waals surface area contributed by atoms with Crippen LogP contribution in [0.2, 0.25) is 0 Å². The molecule has 0 aliphatic carbocycles. The Labute approximate surface area is 123 Å². The molecule has 0 aromatic heterocycles. The summed E-state index contributed by atoms with van der Waals surface area (Å²) in [4.78, 5) is 2.37. The van der Waals surface area contributed by atoms with Crippen molar-refractivity contribution in [2.45, 2.75) is 12.2 Å². The number of halogens is 1. The molecule has 19 heavy (non-hydrogen) atoms. The topological polar surface area (TPSA) is 33.7 Å². The van der Waals surface area contributed by atoms with Gasteiger partial charge in [-0.3, -0.25) is 4.90 Å². The first-order valence-electron chi connectivity index (χ1n) is 6.50. The van der Waals surface area contributed by atoms with Crippen molar-refractivity contribution in [3.63, 3.8) is 0 Å². The molecule has 2 unspecified atom stereocenters. The zero-order valence-corrected chi connectivity index (χ0v) is 13.0. The maximum absolute atomic E-state index is 5.43. The fraction of sp³-hybridized carbons (Fsp3) is 0.571. The zero-order valence-electron chi connectivity index (χ0n) is 11.4. The van der Waals surface area contributed by atoms with E-state index in [1.807, 2.05) is 12.1 Å². The number of rotatable bonds is 6. The van der Waals surface area contributed by atoms with Crippen LogP contribution in [-0.2, 0) is 9.47 Å². The molecule has 5 heteroatoms. The second-order valence-electron chi connectivity index (χ2n) is 4.74. The molecule has 2 atom stereocenters. The number of anilines is 1. The fourth-order valence-electron chi connectivity index (χ4n) is 2.38. The third kappa shape index (κ3) is 4.18. The summed E-state index contributed by atoms with van der Waals surface area (Å²) in [6.45, 7) is 3.80. The van der Waals surface area contributed by atoms with Crippen molar-refractivity contribution in [2.75, 3.05) is 45.7 Å². The van der Waals surface area contributed by atoms with E-state index in [1.54, 1.807) is 14.2 Å². The lowest BCUT2D eigenvalue weighted by atomic mass is 10.3. The predicted octanol–water partition coefficient (Wildman–Crippen LogP) is 2.21. The molecule has 0 radical (unpaired) electrons. The van der Waals surface area contributed by atoms with E-state index in [1.165, 1.54) is 0 Å². The van der Waals surface area contributed by atoms with Gasteiger partial charge in [-0.2, -0.15) is 0 Å². The Morgan fingerprint density at radius 2 is 1.74 bits per heavy atom. The normalized spacial score (nSPS) is 23.7. The second-order valence-corrected chi connectivity index (χ2v) is 5.66. The van der Waals surface area contributed by atoms with Gasteiger partial charge in [-0.15, -0.1) is 0 Å². The highest BCUT2D eigenvalue weighted by atomic mass is 79.9. The van der Waals surface area contributed by atoms with Gasteiger partial charge in [0.1, 0.15) is 0 Å². The number of ether oxygens (including phenoxy) is 2. The Balaban J connectivity index is 1.73. The molecule has 2 rings (SSSR count). The summed E-state index contributed by atoms with van der Waals surface area (Å²) < 4.78 is 12.0. The Bertz CT molecular complexity index is 374. The van der Waals surface area contributed by atoms with Crippen LogP contribution < -0.4 is 5.32 Å². The van der Waals surface area contributed by atoms with Crippen LogP contribution in [0, 0.1) is 0 Å². The van der Waals surface area contributed by atoms with Crippen molar-refractivity contribution in [1.29, 1.82) is 0 Å². The predicted molar refractivity (Wildman–Crippen MR) is 80.7 cm³/mol. The number of hydrogen-bond donors (Lipinski definition) is 1. The average Bonchev–Trinajstić information content (AvgIpc) is 2.83. The number of methoxy groups -OCH3 is 2. The number of benzene rings is 1. The standard InChI is InChI=1S/C14H21BrN2O2/c1-18-13-9-17(10-14(13)19-2)8-7-16-12-5-3-11(15)4-6-12/h3-6,13-14,16H,7-10H2,1-2H3. The Hall–Kier alpha value is -0.620. The van der Waals surface area contributed by atoms with Crippen molar-refractivity contribution >= 4 is 21.6 Å². The summed E-state index contributed by atoms with van der Waals surface area (Å²) in [5.74, 6) is 0. The van der Waals surface area contributed by atoms with Gasteiger partial charge < -0.3 is 14.8 Å². The molecular formula is C14H21BrN2O2. The Morgan fingerprint density at radius 3 is 2.26 bits per heavy atom. The van der Waals surface area contributed by atoms with E-state index in [2.05, 4.69) is 38.3 Å². The van der Waals surface area contributed by atoms with Gasteiger partial charge in [0, 0.05) is 50.6 Å². The van der Waals surface area contributed by atoms with Gasteiger partial charge >= 0.3 is 0 Å².